The van der Waals surface area contributed by atoms with Crippen LogP contribution >= 0.6 is 11.8 Å². The quantitative estimate of drug-likeness (QED) is 0.668. The zero-order valence-corrected chi connectivity index (χ0v) is 11.6. The summed E-state index contributed by atoms with van der Waals surface area (Å²) in [6.07, 6.45) is 2.96. The summed E-state index contributed by atoms with van der Waals surface area (Å²) in [6, 6.07) is 6.28. The van der Waals surface area contributed by atoms with Crippen LogP contribution in [0.5, 0.6) is 0 Å². The first-order chi connectivity index (χ1) is 9.13. The molecule has 1 aromatic rings. The van der Waals surface area contributed by atoms with Crippen LogP contribution in [0.15, 0.2) is 24.3 Å². The number of carboxylic acid groups (broad SMARTS) is 1. The van der Waals surface area contributed by atoms with Crippen molar-refractivity contribution < 1.29 is 14.7 Å². The Balaban J connectivity index is 2.33. The Bertz CT molecular complexity index is 438. The van der Waals surface area contributed by atoms with Gasteiger partial charge in [0.15, 0.2) is 0 Å². The summed E-state index contributed by atoms with van der Waals surface area (Å²) in [5, 5.41) is 14.3. The fourth-order valence-electron chi connectivity index (χ4n) is 1.48. The van der Waals surface area contributed by atoms with Crippen LogP contribution in [0, 0.1) is 0 Å². The summed E-state index contributed by atoms with van der Waals surface area (Å²) < 4.78 is 0. The molecule has 5 nitrogen and oxygen atoms in total. The van der Waals surface area contributed by atoms with Gasteiger partial charge in [-0.15, -0.1) is 0 Å². The van der Waals surface area contributed by atoms with Crippen LogP contribution in [-0.4, -0.2) is 35.7 Å². The first-order valence-electron chi connectivity index (χ1n) is 5.96. The SMILES string of the molecule is CSCCCNC(=O)NCc1cccc(C(=O)O)c1. The van der Waals surface area contributed by atoms with Gasteiger partial charge in [0.2, 0.25) is 0 Å². The van der Waals surface area contributed by atoms with Gasteiger partial charge in [-0.1, -0.05) is 12.1 Å². The van der Waals surface area contributed by atoms with Gasteiger partial charge in [-0.25, -0.2) is 9.59 Å². The van der Waals surface area contributed by atoms with E-state index in [1.807, 2.05) is 6.26 Å². The highest BCUT2D eigenvalue weighted by Gasteiger charge is 2.04. The van der Waals surface area contributed by atoms with Gasteiger partial charge in [0.25, 0.3) is 0 Å². The van der Waals surface area contributed by atoms with E-state index < -0.39 is 5.97 Å². The van der Waals surface area contributed by atoms with Crippen molar-refractivity contribution in [3.05, 3.63) is 35.4 Å². The van der Waals surface area contributed by atoms with Crippen molar-refractivity contribution in [1.29, 1.82) is 0 Å². The van der Waals surface area contributed by atoms with Gasteiger partial charge < -0.3 is 15.7 Å². The highest BCUT2D eigenvalue weighted by Crippen LogP contribution is 2.04. The molecule has 0 aliphatic heterocycles. The van der Waals surface area contributed by atoms with Crippen LogP contribution in [0.2, 0.25) is 0 Å². The van der Waals surface area contributed by atoms with E-state index >= 15 is 0 Å². The predicted octanol–water partition coefficient (Wildman–Crippen LogP) is 1.94. The van der Waals surface area contributed by atoms with Crippen molar-refractivity contribution in [1.82, 2.24) is 10.6 Å². The lowest BCUT2D eigenvalue weighted by molar-refractivity contribution is 0.0696. The average molecular weight is 282 g/mol. The molecular formula is C13H18N2O3S. The van der Waals surface area contributed by atoms with Gasteiger partial charge in [-0.05, 0) is 36.1 Å². The summed E-state index contributed by atoms with van der Waals surface area (Å²) in [6.45, 7) is 0.956. The van der Waals surface area contributed by atoms with Crippen LogP contribution in [0.4, 0.5) is 4.79 Å². The zero-order chi connectivity index (χ0) is 14.1. The molecule has 0 atom stereocenters. The second-order valence-electron chi connectivity index (χ2n) is 3.96. The van der Waals surface area contributed by atoms with E-state index in [1.165, 1.54) is 6.07 Å². The minimum absolute atomic E-state index is 0.222. The highest BCUT2D eigenvalue weighted by atomic mass is 32.2. The molecule has 0 radical (unpaired) electrons. The molecule has 1 aromatic carbocycles. The molecule has 0 aliphatic rings. The fourth-order valence-corrected chi connectivity index (χ4v) is 1.91. The third-order valence-electron chi connectivity index (χ3n) is 2.44. The number of carbonyl (C=O) groups excluding carboxylic acids is 1. The van der Waals surface area contributed by atoms with Crippen molar-refractivity contribution in [2.75, 3.05) is 18.6 Å². The number of benzene rings is 1. The number of thioether (sulfide) groups is 1. The van der Waals surface area contributed by atoms with Crippen molar-refractivity contribution in [2.24, 2.45) is 0 Å². The lowest BCUT2D eigenvalue weighted by Crippen LogP contribution is -2.35. The summed E-state index contributed by atoms with van der Waals surface area (Å²) in [4.78, 5) is 22.2. The van der Waals surface area contributed by atoms with E-state index in [0.717, 1.165) is 17.7 Å². The minimum atomic E-state index is -0.969. The third kappa shape index (κ3) is 6.15. The molecule has 19 heavy (non-hydrogen) atoms. The molecule has 0 fully saturated rings. The molecule has 3 N–H and O–H groups in total. The second-order valence-corrected chi connectivity index (χ2v) is 4.95. The molecule has 0 bridgehead atoms. The minimum Gasteiger partial charge on any atom is -0.478 e. The Morgan fingerprint density at radius 3 is 2.79 bits per heavy atom. The van der Waals surface area contributed by atoms with Crippen molar-refractivity contribution >= 4 is 23.8 Å². The van der Waals surface area contributed by atoms with Gasteiger partial charge in [-0.3, -0.25) is 0 Å². The van der Waals surface area contributed by atoms with Crippen molar-refractivity contribution in [3.8, 4) is 0 Å². The normalized spacial score (nSPS) is 9.95. The number of urea groups is 1. The van der Waals surface area contributed by atoms with Crippen LogP contribution in [0.1, 0.15) is 22.3 Å². The van der Waals surface area contributed by atoms with Gasteiger partial charge in [0.1, 0.15) is 0 Å². The van der Waals surface area contributed by atoms with Crippen LogP contribution in [-0.2, 0) is 6.54 Å². The summed E-state index contributed by atoms with van der Waals surface area (Å²) in [5.74, 6) is 0.0457. The molecule has 0 saturated carbocycles. The van der Waals surface area contributed by atoms with Crippen molar-refractivity contribution in [2.45, 2.75) is 13.0 Å². The molecule has 0 unspecified atom stereocenters. The van der Waals surface area contributed by atoms with Gasteiger partial charge >= 0.3 is 12.0 Å². The number of hydrogen-bond acceptors (Lipinski definition) is 3. The maximum Gasteiger partial charge on any atom is 0.335 e. The molecule has 0 saturated heterocycles. The molecule has 0 spiro atoms. The maximum absolute atomic E-state index is 11.5. The smallest absolute Gasteiger partial charge is 0.335 e. The second kappa shape index (κ2) is 8.42. The number of carboxylic acids is 1. The number of amides is 2. The summed E-state index contributed by atoms with van der Waals surface area (Å²) in [5.41, 5.74) is 0.985. The Morgan fingerprint density at radius 1 is 1.32 bits per heavy atom. The molecule has 2 amide bonds. The number of aromatic carboxylic acids is 1. The van der Waals surface area contributed by atoms with E-state index in [9.17, 15) is 9.59 Å². The third-order valence-corrected chi connectivity index (χ3v) is 3.13. The fraction of sp³-hybridized carbons (Fsp3) is 0.385. The molecule has 6 heteroatoms. The molecule has 1 rings (SSSR count). The Labute approximate surface area is 116 Å². The van der Waals surface area contributed by atoms with Crippen LogP contribution in [0.25, 0.3) is 0 Å². The van der Waals surface area contributed by atoms with Crippen LogP contribution < -0.4 is 10.6 Å². The van der Waals surface area contributed by atoms with Gasteiger partial charge in [-0.2, -0.15) is 11.8 Å². The van der Waals surface area contributed by atoms with Gasteiger partial charge in [0, 0.05) is 13.1 Å². The summed E-state index contributed by atoms with van der Waals surface area (Å²) >= 11 is 1.74. The molecule has 104 valence electrons. The van der Waals surface area contributed by atoms with E-state index in [-0.39, 0.29) is 11.6 Å². The predicted molar refractivity (Wildman–Crippen MR) is 76.6 cm³/mol. The number of carbonyl (C=O) groups is 2. The summed E-state index contributed by atoms with van der Waals surface area (Å²) in [7, 11) is 0. The topological polar surface area (TPSA) is 78.4 Å². The van der Waals surface area contributed by atoms with E-state index in [2.05, 4.69) is 10.6 Å². The lowest BCUT2D eigenvalue weighted by Gasteiger charge is -2.07. The largest absolute Gasteiger partial charge is 0.478 e. The number of hydrogen-bond donors (Lipinski definition) is 3. The molecule has 0 aliphatic carbocycles. The monoisotopic (exact) mass is 282 g/mol. The first kappa shape index (κ1) is 15.4. The first-order valence-corrected chi connectivity index (χ1v) is 7.35. The zero-order valence-electron chi connectivity index (χ0n) is 10.8. The maximum atomic E-state index is 11.5. The van der Waals surface area contributed by atoms with E-state index in [4.69, 9.17) is 5.11 Å². The average Bonchev–Trinajstić information content (AvgIpc) is 2.41. The van der Waals surface area contributed by atoms with Gasteiger partial charge in [0.05, 0.1) is 5.56 Å². The Kier molecular flexibility index (Phi) is 6.81. The molecule has 0 heterocycles. The van der Waals surface area contributed by atoms with E-state index in [1.54, 1.807) is 30.0 Å². The van der Waals surface area contributed by atoms with Crippen LogP contribution in [0.3, 0.4) is 0 Å². The highest BCUT2D eigenvalue weighted by molar-refractivity contribution is 7.98. The lowest BCUT2D eigenvalue weighted by atomic mass is 10.1. The number of rotatable bonds is 7. The standard InChI is InChI=1S/C13H18N2O3S/c1-19-7-3-6-14-13(18)15-9-10-4-2-5-11(8-10)12(16)17/h2,4-5,8H,3,6-7,9H2,1H3,(H,16,17)(H2,14,15,18). The number of nitrogens with one attached hydrogen (secondary N) is 2. The van der Waals surface area contributed by atoms with E-state index in [0.29, 0.717) is 13.1 Å². The Morgan fingerprint density at radius 2 is 2.11 bits per heavy atom. The molecular weight excluding hydrogens is 264 g/mol. The van der Waals surface area contributed by atoms with Crippen molar-refractivity contribution in [3.63, 3.8) is 0 Å². The molecule has 0 aromatic heterocycles. The Hall–Kier alpha value is -1.69.